The van der Waals surface area contributed by atoms with Gasteiger partial charge in [-0.3, -0.25) is 4.72 Å². The molecule has 0 aliphatic carbocycles. The lowest BCUT2D eigenvalue weighted by Gasteiger charge is -2.28. The number of nitrogens with zero attached hydrogens (tertiary/aromatic N) is 2. The Hall–Kier alpha value is -4.19. The molecule has 0 bridgehead atoms. The molecule has 5 aromatic rings. The highest BCUT2D eigenvalue weighted by Gasteiger charge is 2.21. The third-order valence-corrected chi connectivity index (χ3v) is 8.18. The molecule has 2 heterocycles. The Morgan fingerprint density at radius 3 is 2.60 bits per heavy atom. The summed E-state index contributed by atoms with van der Waals surface area (Å²) in [5.41, 5.74) is 2.47. The van der Waals surface area contributed by atoms with E-state index in [1.165, 1.54) is 12.1 Å². The third-order valence-electron chi connectivity index (χ3n) is 6.78. The number of anilines is 1. The molecule has 0 spiro atoms. The SMILES string of the molecule is CC(C)(CCn1ccc2cc(-c3n[nH]c(=O)o3)ccc21)NC[C@H](O)c1cccc(NS(=O)(=O)c2ccccc2)c1. The van der Waals surface area contributed by atoms with Crippen LogP contribution in [-0.4, -0.2) is 40.4 Å². The second-order valence-electron chi connectivity index (χ2n) is 10.3. The van der Waals surface area contributed by atoms with Crippen LogP contribution < -0.4 is 15.8 Å². The third kappa shape index (κ3) is 6.33. The molecule has 11 heteroatoms. The van der Waals surface area contributed by atoms with E-state index >= 15 is 0 Å². The van der Waals surface area contributed by atoms with Gasteiger partial charge in [-0.2, -0.15) is 0 Å². The summed E-state index contributed by atoms with van der Waals surface area (Å²) in [6, 6.07) is 22.7. The number of fused-ring (bicyclic) bond motifs is 1. The zero-order chi connectivity index (χ0) is 28.3. The van der Waals surface area contributed by atoms with Gasteiger partial charge in [0.2, 0.25) is 5.89 Å². The van der Waals surface area contributed by atoms with E-state index in [0.717, 1.165) is 29.4 Å². The van der Waals surface area contributed by atoms with Crippen LogP contribution in [0.4, 0.5) is 5.69 Å². The number of sulfonamides is 1. The first kappa shape index (κ1) is 27.4. The first-order valence-electron chi connectivity index (χ1n) is 12.9. The molecular formula is C29H31N5O5S. The van der Waals surface area contributed by atoms with Crippen molar-refractivity contribution in [3.8, 4) is 11.5 Å². The Morgan fingerprint density at radius 1 is 1.05 bits per heavy atom. The predicted molar refractivity (Wildman–Crippen MR) is 153 cm³/mol. The minimum absolute atomic E-state index is 0.172. The van der Waals surface area contributed by atoms with Crippen LogP contribution >= 0.6 is 0 Å². The Balaban J connectivity index is 1.18. The van der Waals surface area contributed by atoms with Crippen molar-refractivity contribution >= 4 is 26.6 Å². The zero-order valence-electron chi connectivity index (χ0n) is 22.2. The maximum atomic E-state index is 12.7. The van der Waals surface area contributed by atoms with Crippen LogP contribution in [0.5, 0.6) is 0 Å². The van der Waals surface area contributed by atoms with Crippen LogP contribution in [0.2, 0.25) is 0 Å². The normalized spacial score (nSPS) is 13.0. The number of rotatable bonds is 11. The van der Waals surface area contributed by atoms with Crippen LogP contribution in [0, 0.1) is 0 Å². The van der Waals surface area contributed by atoms with Gasteiger partial charge in [-0.25, -0.2) is 18.3 Å². The molecule has 40 heavy (non-hydrogen) atoms. The van der Waals surface area contributed by atoms with Gasteiger partial charge in [0.1, 0.15) is 0 Å². The lowest BCUT2D eigenvalue weighted by atomic mass is 9.99. The highest BCUT2D eigenvalue weighted by Crippen LogP contribution is 2.25. The minimum Gasteiger partial charge on any atom is -0.388 e. The molecule has 10 nitrogen and oxygen atoms in total. The van der Waals surface area contributed by atoms with E-state index in [4.69, 9.17) is 4.42 Å². The van der Waals surface area contributed by atoms with E-state index in [1.54, 1.807) is 42.5 Å². The molecule has 0 radical (unpaired) electrons. The number of hydrogen-bond acceptors (Lipinski definition) is 7. The van der Waals surface area contributed by atoms with E-state index < -0.39 is 21.9 Å². The maximum absolute atomic E-state index is 12.7. The zero-order valence-corrected chi connectivity index (χ0v) is 23.0. The summed E-state index contributed by atoms with van der Waals surface area (Å²) in [5, 5.41) is 21.5. The Labute approximate surface area is 231 Å². The van der Waals surface area contributed by atoms with Crippen molar-refractivity contribution in [3.05, 3.63) is 101 Å². The fraction of sp³-hybridized carbons (Fsp3) is 0.241. The number of aryl methyl sites for hydroxylation is 1. The lowest BCUT2D eigenvalue weighted by molar-refractivity contribution is 0.158. The van der Waals surface area contributed by atoms with Crippen molar-refractivity contribution in [3.63, 3.8) is 0 Å². The largest absolute Gasteiger partial charge is 0.434 e. The molecule has 3 aromatic carbocycles. The molecule has 0 amide bonds. The van der Waals surface area contributed by atoms with Gasteiger partial charge in [-0.15, -0.1) is 5.10 Å². The Bertz CT molecular complexity index is 1770. The summed E-state index contributed by atoms with van der Waals surface area (Å²) < 4.78 is 35.1. The molecule has 0 saturated carbocycles. The van der Waals surface area contributed by atoms with E-state index in [0.29, 0.717) is 17.8 Å². The van der Waals surface area contributed by atoms with Crippen molar-refractivity contribution < 1.29 is 17.9 Å². The number of aromatic amines is 1. The number of aliphatic hydroxyl groups excluding tert-OH is 1. The van der Waals surface area contributed by atoms with Crippen LogP contribution in [0.25, 0.3) is 22.4 Å². The average molecular weight is 562 g/mol. The van der Waals surface area contributed by atoms with Crippen LogP contribution in [0.3, 0.4) is 0 Å². The first-order valence-corrected chi connectivity index (χ1v) is 14.3. The van der Waals surface area contributed by atoms with Crippen molar-refractivity contribution in [2.75, 3.05) is 11.3 Å². The van der Waals surface area contributed by atoms with Gasteiger partial charge in [-0.1, -0.05) is 30.3 Å². The maximum Gasteiger partial charge on any atom is 0.434 e. The number of nitrogens with one attached hydrogen (secondary N) is 3. The molecule has 0 saturated heterocycles. The molecule has 0 aliphatic rings. The van der Waals surface area contributed by atoms with Crippen molar-refractivity contribution in [1.82, 2.24) is 20.1 Å². The molecule has 0 aliphatic heterocycles. The Morgan fingerprint density at radius 2 is 1.85 bits per heavy atom. The average Bonchev–Trinajstić information content (AvgIpc) is 3.56. The number of hydrogen-bond donors (Lipinski definition) is 4. The number of H-pyrrole nitrogens is 1. The minimum atomic E-state index is -3.72. The second kappa shape index (κ2) is 11.1. The first-order chi connectivity index (χ1) is 19.1. The molecule has 0 fully saturated rings. The van der Waals surface area contributed by atoms with E-state index in [1.807, 2.05) is 30.5 Å². The summed E-state index contributed by atoms with van der Waals surface area (Å²) >= 11 is 0. The van der Waals surface area contributed by atoms with Gasteiger partial charge < -0.3 is 19.4 Å². The van der Waals surface area contributed by atoms with E-state index in [9.17, 15) is 18.3 Å². The van der Waals surface area contributed by atoms with Gasteiger partial charge >= 0.3 is 5.76 Å². The molecule has 2 aromatic heterocycles. The van der Waals surface area contributed by atoms with E-state index in [-0.39, 0.29) is 16.3 Å². The lowest BCUT2D eigenvalue weighted by Crippen LogP contribution is -2.42. The summed E-state index contributed by atoms with van der Waals surface area (Å²) in [7, 11) is -3.72. The predicted octanol–water partition coefficient (Wildman–Crippen LogP) is 4.28. The molecule has 4 N–H and O–H groups in total. The fourth-order valence-corrected chi connectivity index (χ4v) is 5.55. The molecular weight excluding hydrogens is 530 g/mol. The molecule has 1 atom stereocenters. The fourth-order valence-electron chi connectivity index (χ4n) is 4.48. The molecule has 5 rings (SSSR count). The van der Waals surface area contributed by atoms with Gasteiger partial charge in [0.25, 0.3) is 10.0 Å². The highest BCUT2D eigenvalue weighted by atomic mass is 32.2. The van der Waals surface area contributed by atoms with Gasteiger partial charge in [0, 0.05) is 47.0 Å². The van der Waals surface area contributed by atoms with Gasteiger partial charge in [0.05, 0.1) is 11.0 Å². The van der Waals surface area contributed by atoms with Gasteiger partial charge in [0.15, 0.2) is 0 Å². The standard InChI is InChI=1S/C29H31N5O5S/c1-29(2,14-16-34-15-13-20-17-22(11-12-25(20)34)27-31-32-28(36)39-27)30-19-26(35)21-7-6-8-23(18-21)33-40(37,38)24-9-4-3-5-10-24/h3-13,15,17-18,26,30,33,35H,14,16,19H2,1-2H3,(H,32,36)/t26-/m0/s1. The summed E-state index contributed by atoms with van der Waals surface area (Å²) in [4.78, 5) is 11.4. The molecule has 0 unspecified atom stereocenters. The van der Waals surface area contributed by atoms with Crippen LogP contribution in [0.1, 0.15) is 31.9 Å². The number of aliphatic hydroxyl groups is 1. The van der Waals surface area contributed by atoms with Crippen LogP contribution in [-0.2, 0) is 16.6 Å². The van der Waals surface area contributed by atoms with Crippen LogP contribution in [0.15, 0.2) is 99.2 Å². The summed E-state index contributed by atoms with van der Waals surface area (Å²) in [6.45, 7) is 5.20. The van der Waals surface area contributed by atoms with Crippen molar-refractivity contribution in [1.29, 1.82) is 0 Å². The highest BCUT2D eigenvalue weighted by molar-refractivity contribution is 7.92. The number of β-amino-alcohol motifs (C(OH)–C–C–N with tert-alkyl or cyclic N) is 1. The second-order valence-corrected chi connectivity index (χ2v) is 12.0. The van der Waals surface area contributed by atoms with Gasteiger partial charge in [-0.05, 0) is 74.4 Å². The topological polar surface area (TPSA) is 142 Å². The van der Waals surface area contributed by atoms with Crippen molar-refractivity contribution in [2.45, 2.75) is 43.4 Å². The molecule has 208 valence electrons. The van der Waals surface area contributed by atoms with Crippen molar-refractivity contribution in [2.24, 2.45) is 0 Å². The quantitative estimate of drug-likeness (QED) is 0.189. The summed E-state index contributed by atoms with van der Waals surface area (Å²) in [6.07, 6.45) is 1.98. The number of benzene rings is 3. The summed E-state index contributed by atoms with van der Waals surface area (Å²) in [5.74, 6) is -0.337. The van der Waals surface area contributed by atoms with E-state index in [2.05, 4.69) is 38.7 Å². The Kier molecular flexibility index (Phi) is 7.61. The smallest absolute Gasteiger partial charge is 0.388 e. The number of aromatic nitrogens is 3. The monoisotopic (exact) mass is 561 g/mol.